The molecule has 0 spiro atoms. The number of hydrogen-bond acceptors (Lipinski definition) is 3. The summed E-state index contributed by atoms with van der Waals surface area (Å²) in [4.78, 5) is 10.2. The van der Waals surface area contributed by atoms with Gasteiger partial charge in [0.25, 0.3) is 0 Å². The topological polar surface area (TPSA) is 58.6 Å². The van der Waals surface area contributed by atoms with Gasteiger partial charge < -0.3 is 15.2 Å². The Kier molecular flexibility index (Phi) is 4.46. The summed E-state index contributed by atoms with van der Waals surface area (Å²) in [7, 11) is 0. The van der Waals surface area contributed by atoms with Crippen LogP contribution in [0.5, 0.6) is 0 Å². The van der Waals surface area contributed by atoms with Crippen LogP contribution in [-0.2, 0) is 9.53 Å². The summed E-state index contributed by atoms with van der Waals surface area (Å²) in [5.41, 5.74) is 0. The monoisotopic (exact) mass is 199 g/mol. The lowest BCUT2D eigenvalue weighted by molar-refractivity contribution is -0.131. The van der Waals surface area contributed by atoms with Crippen molar-refractivity contribution in [3.63, 3.8) is 0 Å². The molecular weight excluding hydrogens is 182 g/mol. The smallest absolute Gasteiger partial charge is 0.329 e. The molecule has 0 saturated carbocycles. The number of aliphatic carboxylic acids is 1. The van der Waals surface area contributed by atoms with Gasteiger partial charge in [0.05, 0.1) is 0 Å². The third-order valence-corrected chi connectivity index (χ3v) is 2.56. The Hall–Kier alpha value is -1.03. The van der Waals surface area contributed by atoms with Crippen LogP contribution in [0.4, 0.5) is 0 Å². The first-order chi connectivity index (χ1) is 6.70. The van der Waals surface area contributed by atoms with Gasteiger partial charge in [-0.3, -0.25) is 0 Å². The van der Waals surface area contributed by atoms with Gasteiger partial charge >= 0.3 is 5.97 Å². The van der Waals surface area contributed by atoms with E-state index in [1.54, 1.807) is 0 Å². The Morgan fingerprint density at radius 2 is 2.21 bits per heavy atom. The molecule has 80 valence electrons. The van der Waals surface area contributed by atoms with Gasteiger partial charge in [0, 0.05) is 31.5 Å². The van der Waals surface area contributed by atoms with Crippen molar-refractivity contribution < 1.29 is 14.6 Å². The van der Waals surface area contributed by atoms with Crippen molar-refractivity contribution in [1.82, 2.24) is 5.32 Å². The lowest BCUT2D eigenvalue weighted by Crippen LogP contribution is -2.33. The van der Waals surface area contributed by atoms with E-state index >= 15 is 0 Å². The Morgan fingerprint density at radius 3 is 2.79 bits per heavy atom. The van der Waals surface area contributed by atoms with Gasteiger partial charge in [-0.2, -0.15) is 0 Å². The summed E-state index contributed by atoms with van der Waals surface area (Å²) in [5.74, 6) is -0.334. The van der Waals surface area contributed by atoms with Gasteiger partial charge in [0.1, 0.15) is 0 Å². The molecule has 1 aliphatic rings. The zero-order chi connectivity index (χ0) is 10.4. The number of carbonyl (C=O) groups is 1. The van der Waals surface area contributed by atoms with Crippen molar-refractivity contribution in [2.24, 2.45) is 5.92 Å². The Balaban J connectivity index is 2.25. The summed E-state index contributed by atoms with van der Waals surface area (Å²) in [5, 5.41) is 11.5. The fourth-order valence-electron chi connectivity index (χ4n) is 1.62. The van der Waals surface area contributed by atoms with Crippen LogP contribution in [-0.4, -0.2) is 30.3 Å². The molecule has 0 aliphatic carbocycles. The Bertz CT molecular complexity index is 209. The normalized spacial score (nSPS) is 20.9. The van der Waals surface area contributed by atoms with Crippen molar-refractivity contribution >= 4 is 5.97 Å². The minimum atomic E-state index is -0.920. The number of carboxylic acids is 1. The van der Waals surface area contributed by atoms with Gasteiger partial charge in [-0.15, -0.1) is 0 Å². The Labute approximate surface area is 83.9 Å². The molecule has 2 N–H and O–H groups in total. The molecule has 4 heteroatoms. The van der Waals surface area contributed by atoms with Crippen molar-refractivity contribution in [3.8, 4) is 0 Å². The highest BCUT2D eigenvalue weighted by atomic mass is 16.5. The molecule has 1 atom stereocenters. The van der Waals surface area contributed by atoms with Gasteiger partial charge in [-0.1, -0.05) is 0 Å². The van der Waals surface area contributed by atoms with Crippen molar-refractivity contribution in [2.75, 3.05) is 13.2 Å². The molecule has 1 aliphatic heterocycles. The molecule has 0 radical (unpaired) electrons. The van der Waals surface area contributed by atoms with E-state index in [0.29, 0.717) is 12.0 Å². The first kappa shape index (κ1) is 11.0. The third-order valence-electron chi connectivity index (χ3n) is 2.56. The van der Waals surface area contributed by atoms with E-state index in [-0.39, 0.29) is 0 Å². The van der Waals surface area contributed by atoms with E-state index in [1.807, 2.05) is 0 Å². The van der Waals surface area contributed by atoms with Crippen LogP contribution in [0.15, 0.2) is 12.3 Å². The van der Waals surface area contributed by atoms with Crippen LogP contribution in [0.25, 0.3) is 0 Å². The minimum Gasteiger partial charge on any atom is -0.478 e. The second-order valence-electron chi connectivity index (χ2n) is 3.58. The summed E-state index contributed by atoms with van der Waals surface area (Å²) < 4.78 is 5.25. The second kappa shape index (κ2) is 5.65. The van der Waals surface area contributed by atoms with E-state index in [1.165, 1.54) is 6.20 Å². The standard InChI is InChI=1S/C10H17NO3/c1-8(11-5-2-10(12)13)9-3-6-14-7-4-9/h2,5,8-9,11H,3-4,6-7H2,1H3,(H,12,13)/b5-2+. The average molecular weight is 199 g/mol. The quantitative estimate of drug-likeness (QED) is 0.663. The first-order valence-corrected chi connectivity index (χ1v) is 4.93. The van der Waals surface area contributed by atoms with E-state index in [9.17, 15) is 4.79 Å². The fourth-order valence-corrected chi connectivity index (χ4v) is 1.62. The summed E-state index contributed by atoms with van der Waals surface area (Å²) in [6.07, 6.45) is 4.72. The number of carboxylic acid groups (broad SMARTS) is 1. The molecular formula is C10H17NO3. The first-order valence-electron chi connectivity index (χ1n) is 4.93. The summed E-state index contributed by atoms with van der Waals surface area (Å²) in [6.45, 7) is 3.71. The van der Waals surface area contributed by atoms with E-state index in [4.69, 9.17) is 9.84 Å². The highest BCUT2D eigenvalue weighted by molar-refractivity contribution is 5.79. The van der Waals surface area contributed by atoms with Crippen LogP contribution in [0.2, 0.25) is 0 Å². The summed E-state index contributed by atoms with van der Waals surface area (Å²) >= 11 is 0. The van der Waals surface area contributed by atoms with E-state index in [0.717, 1.165) is 32.1 Å². The molecule has 1 heterocycles. The molecule has 1 saturated heterocycles. The Morgan fingerprint density at radius 1 is 1.57 bits per heavy atom. The number of ether oxygens (including phenoxy) is 1. The average Bonchev–Trinajstić information content (AvgIpc) is 2.18. The maximum Gasteiger partial charge on any atom is 0.329 e. The molecule has 0 bridgehead atoms. The zero-order valence-electron chi connectivity index (χ0n) is 8.40. The molecule has 0 aromatic carbocycles. The fraction of sp³-hybridized carbons (Fsp3) is 0.700. The predicted octanol–water partition coefficient (Wildman–Crippen LogP) is 0.989. The number of hydrogen-bond donors (Lipinski definition) is 2. The van der Waals surface area contributed by atoms with Crippen molar-refractivity contribution in [3.05, 3.63) is 12.3 Å². The minimum absolute atomic E-state index is 0.314. The van der Waals surface area contributed by atoms with Gasteiger partial charge in [-0.25, -0.2) is 4.79 Å². The second-order valence-corrected chi connectivity index (χ2v) is 3.58. The third kappa shape index (κ3) is 3.79. The van der Waals surface area contributed by atoms with Gasteiger partial charge in [-0.05, 0) is 25.7 Å². The SMILES string of the molecule is CC(N/C=C/C(=O)O)C1CCOCC1. The van der Waals surface area contributed by atoms with Crippen molar-refractivity contribution in [1.29, 1.82) is 0 Å². The molecule has 1 rings (SSSR count). The lowest BCUT2D eigenvalue weighted by atomic mass is 9.93. The summed E-state index contributed by atoms with van der Waals surface area (Å²) in [6, 6.07) is 0.314. The van der Waals surface area contributed by atoms with Crippen LogP contribution >= 0.6 is 0 Å². The molecule has 1 unspecified atom stereocenters. The van der Waals surface area contributed by atoms with E-state index in [2.05, 4.69) is 12.2 Å². The molecule has 4 nitrogen and oxygen atoms in total. The molecule has 1 fully saturated rings. The zero-order valence-corrected chi connectivity index (χ0v) is 8.40. The highest BCUT2D eigenvalue weighted by Gasteiger charge is 2.19. The highest BCUT2D eigenvalue weighted by Crippen LogP contribution is 2.18. The van der Waals surface area contributed by atoms with Crippen LogP contribution in [0.1, 0.15) is 19.8 Å². The largest absolute Gasteiger partial charge is 0.478 e. The molecule has 0 aromatic rings. The van der Waals surface area contributed by atoms with Crippen LogP contribution in [0.3, 0.4) is 0 Å². The van der Waals surface area contributed by atoms with E-state index < -0.39 is 5.97 Å². The maximum atomic E-state index is 10.2. The molecule has 0 amide bonds. The maximum absolute atomic E-state index is 10.2. The van der Waals surface area contributed by atoms with Gasteiger partial charge in [0.2, 0.25) is 0 Å². The number of nitrogens with one attached hydrogen (secondary N) is 1. The van der Waals surface area contributed by atoms with Crippen LogP contribution < -0.4 is 5.32 Å². The van der Waals surface area contributed by atoms with Crippen LogP contribution in [0, 0.1) is 5.92 Å². The predicted molar refractivity (Wildman–Crippen MR) is 52.9 cm³/mol. The number of rotatable bonds is 4. The lowest BCUT2D eigenvalue weighted by Gasteiger charge is -2.27. The van der Waals surface area contributed by atoms with Gasteiger partial charge in [0.15, 0.2) is 0 Å². The molecule has 14 heavy (non-hydrogen) atoms. The van der Waals surface area contributed by atoms with Crippen molar-refractivity contribution in [2.45, 2.75) is 25.8 Å². The molecule has 0 aromatic heterocycles.